The molecule has 9 heteroatoms. The monoisotopic (exact) mass is 456 g/mol. The number of para-hydroxylation sites is 1. The van der Waals surface area contributed by atoms with Gasteiger partial charge in [-0.05, 0) is 33.0 Å². The molecule has 0 radical (unpaired) electrons. The molecule has 1 N–H and O–H groups in total. The number of anilines is 1. The van der Waals surface area contributed by atoms with Crippen molar-refractivity contribution in [1.29, 1.82) is 0 Å². The second-order valence-corrected chi connectivity index (χ2v) is 9.27. The van der Waals surface area contributed by atoms with Crippen molar-refractivity contribution in [3.63, 3.8) is 0 Å². The van der Waals surface area contributed by atoms with Gasteiger partial charge in [-0.1, -0.05) is 18.2 Å². The van der Waals surface area contributed by atoms with E-state index in [2.05, 4.69) is 15.2 Å². The van der Waals surface area contributed by atoms with Crippen molar-refractivity contribution in [3.8, 4) is 0 Å². The second-order valence-electron chi connectivity index (χ2n) is 9.27. The zero-order chi connectivity index (χ0) is 23.5. The van der Waals surface area contributed by atoms with Crippen molar-refractivity contribution in [2.24, 2.45) is 11.8 Å². The smallest absolute Gasteiger partial charge is 0.247 e. The number of piperidine rings is 1. The number of likely N-dealkylation sites (tertiary alicyclic amines) is 1. The van der Waals surface area contributed by atoms with E-state index in [-0.39, 0.29) is 35.6 Å². The molecule has 0 aromatic heterocycles. The minimum atomic E-state index is -0.282. The molecule has 3 amide bonds. The number of amides is 3. The quantitative estimate of drug-likeness (QED) is 0.654. The summed E-state index contributed by atoms with van der Waals surface area (Å²) in [6, 6.07) is 9.34. The maximum Gasteiger partial charge on any atom is 0.247 e. The van der Waals surface area contributed by atoms with Gasteiger partial charge in [0.2, 0.25) is 17.7 Å². The van der Waals surface area contributed by atoms with E-state index in [4.69, 9.17) is 0 Å². The van der Waals surface area contributed by atoms with Crippen LogP contribution in [0.5, 0.6) is 0 Å². The van der Waals surface area contributed by atoms with Crippen LogP contribution in [-0.2, 0) is 14.4 Å². The summed E-state index contributed by atoms with van der Waals surface area (Å²) in [7, 11) is 1.98. The van der Waals surface area contributed by atoms with Gasteiger partial charge in [-0.25, -0.2) is 10.4 Å². The van der Waals surface area contributed by atoms with Crippen LogP contribution in [0, 0.1) is 11.8 Å². The molecule has 0 bridgehead atoms. The predicted octanol–water partition coefficient (Wildman–Crippen LogP) is 0.0968. The zero-order valence-corrected chi connectivity index (χ0v) is 19.9. The lowest BCUT2D eigenvalue weighted by molar-refractivity contribution is -0.141. The number of rotatable bonds is 6. The number of carbonyl (C=O) groups excluding carboxylic acids is 3. The number of nitrogens with zero attached hydrogens (tertiary/aromatic N) is 5. The highest BCUT2D eigenvalue weighted by molar-refractivity contribution is 5.98. The molecule has 3 fully saturated rings. The molecule has 3 unspecified atom stereocenters. The van der Waals surface area contributed by atoms with Gasteiger partial charge in [0.25, 0.3) is 0 Å². The summed E-state index contributed by atoms with van der Waals surface area (Å²) in [6.07, 6.45) is 0. The first-order valence-corrected chi connectivity index (χ1v) is 12.1. The van der Waals surface area contributed by atoms with Crippen LogP contribution in [-0.4, -0.2) is 109 Å². The van der Waals surface area contributed by atoms with Gasteiger partial charge in [-0.2, -0.15) is 0 Å². The third-order valence-electron chi connectivity index (χ3n) is 7.19. The summed E-state index contributed by atoms with van der Waals surface area (Å²) in [5.74, 6) is -0.260. The molecule has 33 heavy (non-hydrogen) atoms. The van der Waals surface area contributed by atoms with Gasteiger partial charge in [-0.3, -0.25) is 19.3 Å². The number of hydrogen-bond acceptors (Lipinski definition) is 6. The number of nitrogens with one attached hydrogen (secondary N) is 1. The van der Waals surface area contributed by atoms with Crippen molar-refractivity contribution in [2.45, 2.75) is 19.9 Å². The highest BCUT2D eigenvalue weighted by Gasteiger charge is 2.51. The summed E-state index contributed by atoms with van der Waals surface area (Å²) in [5.41, 5.74) is 4.16. The number of hydrogen-bond donors (Lipinski definition) is 1. The highest BCUT2D eigenvalue weighted by atomic mass is 16.2. The SMILES string of the molecule is CCN(CC)C(=O)CN1CCN(C(=O)C2CN(C)CC3C(=O)N(c4ccccc4)NC23)CC1. The van der Waals surface area contributed by atoms with Gasteiger partial charge in [0.15, 0.2) is 0 Å². The number of hydrazine groups is 1. The van der Waals surface area contributed by atoms with E-state index in [1.807, 2.05) is 61.0 Å². The van der Waals surface area contributed by atoms with Gasteiger partial charge >= 0.3 is 0 Å². The molecule has 3 aliphatic heterocycles. The molecule has 3 aliphatic rings. The summed E-state index contributed by atoms with van der Waals surface area (Å²) in [5, 5.41) is 1.62. The normalized spacial score (nSPS) is 26.4. The molecule has 3 heterocycles. The molecular weight excluding hydrogens is 420 g/mol. The van der Waals surface area contributed by atoms with Gasteiger partial charge in [0.1, 0.15) is 0 Å². The lowest BCUT2D eigenvalue weighted by Gasteiger charge is -2.41. The summed E-state index contributed by atoms with van der Waals surface area (Å²) in [6.45, 7) is 9.71. The Hall–Kier alpha value is -2.49. The lowest BCUT2D eigenvalue weighted by atomic mass is 9.84. The Balaban J connectivity index is 1.39. The van der Waals surface area contributed by atoms with Crippen LogP contribution in [0.2, 0.25) is 0 Å². The van der Waals surface area contributed by atoms with Crippen molar-refractivity contribution in [2.75, 3.05) is 71.0 Å². The van der Waals surface area contributed by atoms with E-state index >= 15 is 0 Å². The van der Waals surface area contributed by atoms with Crippen molar-refractivity contribution in [3.05, 3.63) is 30.3 Å². The number of fused-ring (bicyclic) bond motifs is 1. The van der Waals surface area contributed by atoms with Crippen LogP contribution < -0.4 is 10.4 Å². The summed E-state index contributed by atoms with van der Waals surface area (Å²) < 4.78 is 0. The Morgan fingerprint density at radius 3 is 2.33 bits per heavy atom. The number of carbonyl (C=O) groups is 3. The van der Waals surface area contributed by atoms with Gasteiger partial charge in [-0.15, -0.1) is 0 Å². The average molecular weight is 457 g/mol. The zero-order valence-electron chi connectivity index (χ0n) is 19.9. The first kappa shape index (κ1) is 23.7. The molecule has 0 saturated carbocycles. The Bertz CT molecular complexity index is 853. The Kier molecular flexibility index (Phi) is 7.31. The fraction of sp³-hybridized carbons (Fsp3) is 0.625. The highest BCUT2D eigenvalue weighted by Crippen LogP contribution is 2.32. The standard InChI is InChI=1S/C24H36N6O3/c1-4-28(5-2)21(31)17-27-11-13-29(14-12-27)23(32)19-15-26(3)16-20-22(19)25-30(24(20)33)18-9-7-6-8-10-18/h6-10,19-20,22,25H,4-5,11-17H2,1-3H3. The molecule has 1 aromatic carbocycles. The van der Waals surface area contributed by atoms with Gasteiger partial charge in [0.05, 0.1) is 30.1 Å². The van der Waals surface area contributed by atoms with E-state index in [9.17, 15) is 14.4 Å². The molecule has 0 aliphatic carbocycles. The summed E-state index contributed by atoms with van der Waals surface area (Å²) >= 11 is 0. The Labute approximate surface area is 196 Å². The first-order chi connectivity index (χ1) is 15.9. The van der Waals surface area contributed by atoms with Gasteiger partial charge < -0.3 is 14.7 Å². The fourth-order valence-electron chi connectivity index (χ4n) is 5.28. The minimum absolute atomic E-state index is 0.0234. The Morgan fingerprint density at radius 2 is 1.70 bits per heavy atom. The number of piperazine rings is 1. The van der Waals surface area contributed by atoms with E-state index in [1.165, 1.54) is 0 Å². The van der Waals surface area contributed by atoms with E-state index in [0.717, 1.165) is 18.8 Å². The lowest BCUT2D eigenvalue weighted by Crippen LogP contribution is -2.59. The minimum Gasteiger partial charge on any atom is -0.342 e. The molecule has 9 nitrogen and oxygen atoms in total. The molecule has 0 spiro atoms. The van der Waals surface area contributed by atoms with Gasteiger partial charge in [0, 0.05) is 52.4 Å². The van der Waals surface area contributed by atoms with Crippen LogP contribution in [0.25, 0.3) is 0 Å². The molecular formula is C24H36N6O3. The predicted molar refractivity (Wildman–Crippen MR) is 126 cm³/mol. The van der Waals surface area contributed by atoms with Crippen molar-refractivity contribution in [1.82, 2.24) is 25.0 Å². The van der Waals surface area contributed by atoms with E-state index in [1.54, 1.807) is 5.01 Å². The molecule has 3 saturated heterocycles. The number of likely N-dealkylation sites (N-methyl/N-ethyl adjacent to an activating group) is 1. The molecule has 180 valence electrons. The average Bonchev–Trinajstić information content (AvgIpc) is 3.16. The summed E-state index contributed by atoms with van der Waals surface area (Å²) in [4.78, 5) is 47.1. The maximum absolute atomic E-state index is 13.6. The molecule has 1 aromatic rings. The second kappa shape index (κ2) is 10.2. The maximum atomic E-state index is 13.6. The van der Waals surface area contributed by atoms with Crippen LogP contribution in [0.3, 0.4) is 0 Å². The van der Waals surface area contributed by atoms with Crippen LogP contribution in [0.1, 0.15) is 13.8 Å². The van der Waals surface area contributed by atoms with Crippen LogP contribution in [0.4, 0.5) is 5.69 Å². The van der Waals surface area contributed by atoms with Crippen molar-refractivity contribution < 1.29 is 14.4 Å². The molecule has 3 atom stereocenters. The number of benzene rings is 1. The van der Waals surface area contributed by atoms with E-state index in [0.29, 0.717) is 45.8 Å². The topological polar surface area (TPSA) is 79.4 Å². The van der Waals surface area contributed by atoms with Crippen molar-refractivity contribution >= 4 is 23.4 Å². The fourth-order valence-corrected chi connectivity index (χ4v) is 5.28. The van der Waals surface area contributed by atoms with Crippen LogP contribution in [0.15, 0.2) is 30.3 Å². The molecule has 4 rings (SSSR count). The van der Waals surface area contributed by atoms with E-state index < -0.39 is 0 Å². The largest absolute Gasteiger partial charge is 0.342 e. The Morgan fingerprint density at radius 1 is 1.03 bits per heavy atom. The third-order valence-corrected chi connectivity index (χ3v) is 7.19. The third kappa shape index (κ3) is 4.90. The van der Waals surface area contributed by atoms with Crippen LogP contribution >= 0.6 is 0 Å². The first-order valence-electron chi connectivity index (χ1n) is 12.1.